The summed E-state index contributed by atoms with van der Waals surface area (Å²) in [7, 11) is 0. The number of rotatable bonds is 4. The van der Waals surface area contributed by atoms with E-state index in [9.17, 15) is 4.79 Å². The van der Waals surface area contributed by atoms with Crippen LogP contribution in [0.15, 0.2) is 78.0 Å². The topological polar surface area (TPSA) is 59.3 Å². The summed E-state index contributed by atoms with van der Waals surface area (Å²) in [4.78, 5) is 18.2. The van der Waals surface area contributed by atoms with Crippen molar-refractivity contribution in [2.75, 3.05) is 11.6 Å². The van der Waals surface area contributed by atoms with E-state index in [0.717, 1.165) is 21.8 Å². The SMILES string of the molecule is CSc1cccc(NC(=O)c2cnn3c(-c4ccccc4)ccnc23)c1. The molecule has 0 saturated carbocycles. The average molecular weight is 360 g/mol. The summed E-state index contributed by atoms with van der Waals surface area (Å²) in [6, 6.07) is 19.5. The molecule has 2 aromatic carbocycles. The van der Waals surface area contributed by atoms with Gasteiger partial charge in [-0.25, -0.2) is 9.50 Å². The molecule has 5 nitrogen and oxygen atoms in total. The number of amides is 1. The fourth-order valence-corrected chi connectivity index (χ4v) is 3.24. The molecule has 1 amide bonds. The van der Waals surface area contributed by atoms with Crippen molar-refractivity contribution in [3.05, 3.63) is 78.6 Å². The van der Waals surface area contributed by atoms with Crippen LogP contribution in [0.4, 0.5) is 5.69 Å². The van der Waals surface area contributed by atoms with E-state index < -0.39 is 0 Å². The molecule has 128 valence electrons. The Kier molecular flexibility index (Phi) is 4.41. The van der Waals surface area contributed by atoms with Crippen molar-refractivity contribution in [2.45, 2.75) is 4.90 Å². The summed E-state index contributed by atoms with van der Waals surface area (Å²) in [5.41, 5.74) is 3.63. The standard InChI is InChI=1S/C20H16N4OS/c1-26-16-9-5-8-15(12-16)23-20(25)17-13-22-24-18(10-11-21-19(17)24)14-6-3-2-4-7-14/h2-13H,1H3,(H,23,25). The molecule has 6 heteroatoms. The van der Waals surface area contributed by atoms with E-state index in [1.165, 1.54) is 0 Å². The van der Waals surface area contributed by atoms with Crippen molar-refractivity contribution in [1.82, 2.24) is 14.6 Å². The number of nitrogens with zero attached hydrogens (tertiary/aromatic N) is 3. The smallest absolute Gasteiger partial charge is 0.261 e. The highest BCUT2D eigenvalue weighted by atomic mass is 32.2. The van der Waals surface area contributed by atoms with Crippen LogP contribution >= 0.6 is 11.8 Å². The largest absolute Gasteiger partial charge is 0.322 e. The molecule has 1 N–H and O–H groups in total. The molecule has 0 bridgehead atoms. The van der Waals surface area contributed by atoms with Gasteiger partial charge in [0.25, 0.3) is 5.91 Å². The van der Waals surface area contributed by atoms with Gasteiger partial charge in [-0.15, -0.1) is 11.8 Å². The molecule has 0 radical (unpaired) electrons. The fourth-order valence-electron chi connectivity index (χ4n) is 2.78. The number of aromatic nitrogens is 3. The van der Waals surface area contributed by atoms with Crippen molar-refractivity contribution in [2.24, 2.45) is 0 Å². The molecule has 0 fully saturated rings. The lowest BCUT2D eigenvalue weighted by atomic mass is 10.1. The van der Waals surface area contributed by atoms with Crippen LogP contribution in [0.3, 0.4) is 0 Å². The number of anilines is 1. The van der Waals surface area contributed by atoms with Gasteiger partial charge in [0.1, 0.15) is 5.56 Å². The maximum absolute atomic E-state index is 12.7. The molecule has 0 aliphatic carbocycles. The quantitative estimate of drug-likeness (QED) is 0.549. The van der Waals surface area contributed by atoms with Gasteiger partial charge >= 0.3 is 0 Å². The number of hydrogen-bond acceptors (Lipinski definition) is 4. The van der Waals surface area contributed by atoms with E-state index in [1.54, 1.807) is 28.7 Å². The zero-order valence-electron chi connectivity index (χ0n) is 14.1. The van der Waals surface area contributed by atoms with Crippen LogP contribution in [0, 0.1) is 0 Å². The van der Waals surface area contributed by atoms with Gasteiger partial charge in [0.2, 0.25) is 0 Å². The summed E-state index contributed by atoms with van der Waals surface area (Å²) in [6.45, 7) is 0. The van der Waals surface area contributed by atoms with Gasteiger partial charge in [0.05, 0.1) is 11.9 Å². The summed E-state index contributed by atoms with van der Waals surface area (Å²) >= 11 is 1.63. The van der Waals surface area contributed by atoms with Gasteiger partial charge in [-0.3, -0.25) is 4.79 Å². The molecule has 4 aromatic rings. The first-order valence-corrected chi connectivity index (χ1v) is 9.32. The maximum atomic E-state index is 12.7. The Labute approximate surface area is 155 Å². The third-order valence-corrected chi connectivity index (χ3v) is 4.77. The van der Waals surface area contributed by atoms with Crippen molar-refractivity contribution < 1.29 is 4.79 Å². The molecule has 0 aliphatic rings. The Bertz CT molecular complexity index is 1080. The highest BCUT2D eigenvalue weighted by Crippen LogP contribution is 2.22. The number of fused-ring (bicyclic) bond motifs is 1. The molecule has 2 heterocycles. The lowest BCUT2D eigenvalue weighted by molar-refractivity contribution is 0.102. The van der Waals surface area contributed by atoms with Crippen LogP contribution < -0.4 is 5.32 Å². The normalized spacial score (nSPS) is 10.8. The van der Waals surface area contributed by atoms with Crippen LogP contribution in [-0.4, -0.2) is 26.8 Å². The van der Waals surface area contributed by atoms with Crippen molar-refractivity contribution in [3.63, 3.8) is 0 Å². The molecule has 0 spiro atoms. The fraction of sp³-hybridized carbons (Fsp3) is 0.0500. The predicted octanol–water partition coefficient (Wildman–Crippen LogP) is 4.37. The molecule has 4 rings (SSSR count). The Balaban J connectivity index is 1.70. The average Bonchev–Trinajstić information content (AvgIpc) is 3.13. The van der Waals surface area contributed by atoms with E-state index in [-0.39, 0.29) is 5.91 Å². The first-order chi connectivity index (χ1) is 12.8. The molecule has 0 saturated heterocycles. The van der Waals surface area contributed by atoms with Crippen LogP contribution in [0.5, 0.6) is 0 Å². The van der Waals surface area contributed by atoms with Crippen LogP contribution in [-0.2, 0) is 0 Å². The maximum Gasteiger partial charge on any atom is 0.261 e. The number of hydrogen-bond donors (Lipinski definition) is 1. The zero-order valence-corrected chi connectivity index (χ0v) is 14.9. The molecule has 2 aromatic heterocycles. The van der Waals surface area contributed by atoms with E-state index in [2.05, 4.69) is 15.4 Å². The Hall–Kier alpha value is -3.12. The Morgan fingerprint density at radius 2 is 1.92 bits per heavy atom. The van der Waals surface area contributed by atoms with E-state index >= 15 is 0 Å². The summed E-state index contributed by atoms with van der Waals surface area (Å²) in [5, 5.41) is 7.31. The molecule has 0 unspecified atom stereocenters. The van der Waals surface area contributed by atoms with Gasteiger partial charge in [-0.05, 0) is 30.5 Å². The number of nitrogens with one attached hydrogen (secondary N) is 1. The van der Waals surface area contributed by atoms with Crippen molar-refractivity contribution in [1.29, 1.82) is 0 Å². The highest BCUT2D eigenvalue weighted by Gasteiger charge is 2.16. The first-order valence-electron chi connectivity index (χ1n) is 8.10. The van der Waals surface area contributed by atoms with E-state index in [0.29, 0.717) is 11.2 Å². The number of benzene rings is 2. The number of carbonyl (C=O) groups excluding carboxylic acids is 1. The first kappa shape index (κ1) is 16.4. The van der Waals surface area contributed by atoms with Gasteiger partial charge in [-0.2, -0.15) is 5.10 Å². The second kappa shape index (κ2) is 7.01. The summed E-state index contributed by atoms with van der Waals surface area (Å²) < 4.78 is 1.70. The minimum atomic E-state index is -0.226. The summed E-state index contributed by atoms with van der Waals surface area (Å²) in [5.74, 6) is -0.226. The Morgan fingerprint density at radius 3 is 2.73 bits per heavy atom. The Morgan fingerprint density at radius 1 is 1.08 bits per heavy atom. The minimum Gasteiger partial charge on any atom is -0.322 e. The van der Waals surface area contributed by atoms with E-state index in [1.807, 2.05) is 66.9 Å². The van der Waals surface area contributed by atoms with Gasteiger partial charge < -0.3 is 5.32 Å². The molecule has 26 heavy (non-hydrogen) atoms. The van der Waals surface area contributed by atoms with Gasteiger partial charge in [-0.1, -0.05) is 36.4 Å². The third-order valence-electron chi connectivity index (χ3n) is 4.04. The predicted molar refractivity (Wildman–Crippen MR) is 105 cm³/mol. The van der Waals surface area contributed by atoms with Crippen molar-refractivity contribution >= 4 is 29.0 Å². The van der Waals surface area contributed by atoms with Crippen molar-refractivity contribution in [3.8, 4) is 11.3 Å². The second-order valence-corrected chi connectivity index (χ2v) is 6.56. The van der Waals surface area contributed by atoms with E-state index in [4.69, 9.17) is 0 Å². The zero-order chi connectivity index (χ0) is 17.9. The van der Waals surface area contributed by atoms with Gasteiger partial charge in [0, 0.05) is 22.3 Å². The number of thioether (sulfide) groups is 1. The van der Waals surface area contributed by atoms with Crippen LogP contribution in [0.1, 0.15) is 10.4 Å². The third kappa shape index (κ3) is 3.07. The monoisotopic (exact) mass is 360 g/mol. The highest BCUT2D eigenvalue weighted by molar-refractivity contribution is 7.98. The molecular formula is C20H16N4OS. The molecule has 0 atom stereocenters. The molecule has 0 aliphatic heterocycles. The molecular weight excluding hydrogens is 344 g/mol. The minimum absolute atomic E-state index is 0.226. The van der Waals surface area contributed by atoms with Crippen LogP contribution in [0.25, 0.3) is 16.9 Å². The lowest BCUT2D eigenvalue weighted by Gasteiger charge is -2.06. The number of carbonyl (C=O) groups is 1. The van der Waals surface area contributed by atoms with Gasteiger partial charge in [0.15, 0.2) is 5.65 Å². The summed E-state index contributed by atoms with van der Waals surface area (Å²) in [6.07, 6.45) is 5.26. The second-order valence-electron chi connectivity index (χ2n) is 5.68. The lowest BCUT2D eigenvalue weighted by Crippen LogP contribution is -2.12. The van der Waals surface area contributed by atoms with Crippen LogP contribution in [0.2, 0.25) is 0 Å².